The fourth-order valence-corrected chi connectivity index (χ4v) is 1.71. The molecule has 108 valence electrons. The van der Waals surface area contributed by atoms with Crippen molar-refractivity contribution in [3.05, 3.63) is 59.7 Å². The average molecular weight is 286 g/mol. The van der Waals surface area contributed by atoms with E-state index in [4.69, 9.17) is 9.47 Å². The topological polar surface area (TPSA) is 61.8 Å². The molecule has 2 aromatic rings. The summed E-state index contributed by atoms with van der Waals surface area (Å²) in [5.74, 6) is -0.102. The zero-order valence-corrected chi connectivity index (χ0v) is 11.7. The van der Waals surface area contributed by atoms with Gasteiger partial charge in [-0.25, -0.2) is 9.59 Å². The Balaban J connectivity index is 2.14. The van der Waals surface area contributed by atoms with Gasteiger partial charge in [-0.3, -0.25) is 0 Å². The van der Waals surface area contributed by atoms with Crippen LogP contribution in [0.2, 0.25) is 0 Å². The standard InChI is InChI=1S/C16H14O5/c1-11-7-3-5-9-13(11)20-16(18)21-14-10-6-4-8-12(14)15(17)19-2/h3-10H,1-2H3. The van der Waals surface area contributed by atoms with Gasteiger partial charge in [-0.05, 0) is 30.7 Å². The van der Waals surface area contributed by atoms with Crippen LogP contribution in [0.1, 0.15) is 15.9 Å². The quantitative estimate of drug-likeness (QED) is 0.639. The lowest BCUT2D eigenvalue weighted by Crippen LogP contribution is -2.16. The van der Waals surface area contributed by atoms with Crippen LogP contribution in [0.15, 0.2) is 48.5 Å². The van der Waals surface area contributed by atoms with Gasteiger partial charge in [0.15, 0.2) is 0 Å². The van der Waals surface area contributed by atoms with Crippen molar-refractivity contribution in [1.82, 2.24) is 0 Å². The zero-order valence-electron chi connectivity index (χ0n) is 11.7. The lowest BCUT2D eigenvalue weighted by Gasteiger charge is -2.09. The molecule has 0 unspecified atom stereocenters. The summed E-state index contributed by atoms with van der Waals surface area (Å²) in [5, 5.41) is 0. The van der Waals surface area contributed by atoms with Crippen LogP contribution in [-0.4, -0.2) is 19.2 Å². The van der Waals surface area contributed by atoms with Crippen LogP contribution in [0, 0.1) is 6.92 Å². The van der Waals surface area contributed by atoms with Gasteiger partial charge in [0.25, 0.3) is 0 Å². The minimum absolute atomic E-state index is 0.0861. The average Bonchev–Trinajstić information content (AvgIpc) is 2.49. The molecule has 0 aliphatic heterocycles. The van der Waals surface area contributed by atoms with E-state index in [1.807, 2.05) is 19.1 Å². The molecule has 0 radical (unpaired) electrons. The molecular weight excluding hydrogens is 272 g/mol. The highest BCUT2D eigenvalue weighted by Gasteiger charge is 2.16. The van der Waals surface area contributed by atoms with Gasteiger partial charge in [-0.1, -0.05) is 30.3 Å². The Labute approximate surface area is 122 Å². The maximum atomic E-state index is 11.8. The van der Waals surface area contributed by atoms with Crippen LogP contribution < -0.4 is 9.47 Å². The molecule has 5 nitrogen and oxygen atoms in total. The van der Waals surface area contributed by atoms with E-state index < -0.39 is 12.1 Å². The number of benzene rings is 2. The predicted octanol–water partition coefficient (Wildman–Crippen LogP) is 3.36. The first-order valence-electron chi connectivity index (χ1n) is 6.24. The number of para-hydroxylation sites is 2. The summed E-state index contributed by atoms with van der Waals surface area (Å²) >= 11 is 0. The van der Waals surface area contributed by atoms with Crippen LogP contribution in [0.5, 0.6) is 11.5 Å². The van der Waals surface area contributed by atoms with Crippen LogP contribution >= 0.6 is 0 Å². The molecule has 0 amide bonds. The summed E-state index contributed by atoms with van der Waals surface area (Å²) in [6, 6.07) is 13.3. The molecule has 0 N–H and O–H groups in total. The molecule has 0 heterocycles. The number of aryl methyl sites for hydroxylation is 1. The normalized spacial score (nSPS) is 9.81. The van der Waals surface area contributed by atoms with Gasteiger partial charge in [-0.2, -0.15) is 0 Å². The van der Waals surface area contributed by atoms with Crippen molar-refractivity contribution in [2.24, 2.45) is 0 Å². The number of carbonyl (C=O) groups excluding carboxylic acids is 2. The SMILES string of the molecule is COC(=O)c1ccccc1OC(=O)Oc1ccccc1C. The maximum absolute atomic E-state index is 11.8. The van der Waals surface area contributed by atoms with Gasteiger partial charge in [-0.15, -0.1) is 0 Å². The van der Waals surface area contributed by atoms with E-state index in [1.54, 1.807) is 24.3 Å². The van der Waals surface area contributed by atoms with Gasteiger partial charge in [0.2, 0.25) is 0 Å². The first kappa shape index (κ1) is 14.6. The Morgan fingerprint density at radius 1 is 0.857 bits per heavy atom. The van der Waals surface area contributed by atoms with Crippen molar-refractivity contribution < 1.29 is 23.8 Å². The number of hydrogen-bond acceptors (Lipinski definition) is 5. The van der Waals surface area contributed by atoms with E-state index in [9.17, 15) is 9.59 Å². The van der Waals surface area contributed by atoms with E-state index in [0.717, 1.165) is 5.56 Å². The number of hydrogen-bond donors (Lipinski definition) is 0. The van der Waals surface area contributed by atoms with Crippen LogP contribution in [-0.2, 0) is 4.74 Å². The molecule has 21 heavy (non-hydrogen) atoms. The van der Waals surface area contributed by atoms with E-state index in [0.29, 0.717) is 5.75 Å². The van der Waals surface area contributed by atoms with E-state index in [1.165, 1.54) is 19.2 Å². The lowest BCUT2D eigenvalue weighted by molar-refractivity contribution is 0.0597. The van der Waals surface area contributed by atoms with Crippen LogP contribution in [0.4, 0.5) is 4.79 Å². The predicted molar refractivity (Wildman–Crippen MR) is 75.6 cm³/mol. The largest absolute Gasteiger partial charge is 0.519 e. The summed E-state index contributed by atoms with van der Waals surface area (Å²) in [6.07, 6.45) is -0.916. The summed E-state index contributed by atoms with van der Waals surface area (Å²) in [5.41, 5.74) is 0.956. The molecular formula is C16H14O5. The highest BCUT2D eigenvalue weighted by atomic mass is 16.7. The first-order chi connectivity index (χ1) is 10.1. The third-order valence-electron chi connectivity index (χ3n) is 2.77. The molecule has 2 rings (SSSR count). The zero-order chi connectivity index (χ0) is 15.2. The Morgan fingerprint density at radius 2 is 1.43 bits per heavy atom. The van der Waals surface area contributed by atoms with Gasteiger partial charge >= 0.3 is 12.1 Å². The smallest absolute Gasteiger partial charge is 0.465 e. The lowest BCUT2D eigenvalue weighted by atomic mass is 10.2. The molecule has 0 saturated carbocycles. The fraction of sp³-hybridized carbons (Fsp3) is 0.125. The van der Waals surface area contributed by atoms with E-state index in [-0.39, 0.29) is 11.3 Å². The third kappa shape index (κ3) is 3.60. The minimum Gasteiger partial charge on any atom is -0.465 e. The second kappa shape index (κ2) is 6.56. The van der Waals surface area contributed by atoms with Crippen LogP contribution in [0.25, 0.3) is 0 Å². The Hall–Kier alpha value is -2.82. The summed E-state index contributed by atoms with van der Waals surface area (Å²) in [6.45, 7) is 1.81. The van der Waals surface area contributed by atoms with Crippen molar-refractivity contribution >= 4 is 12.1 Å². The summed E-state index contributed by atoms with van der Waals surface area (Å²) in [4.78, 5) is 23.4. The van der Waals surface area contributed by atoms with E-state index >= 15 is 0 Å². The molecule has 0 aliphatic rings. The van der Waals surface area contributed by atoms with Gasteiger partial charge in [0.1, 0.15) is 17.1 Å². The molecule has 0 aliphatic carbocycles. The summed E-state index contributed by atoms with van der Waals surface area (Å²) in [7, 11) is 1.25. The fourth-order valence-electron chi connectivity index (χ4n) is 1.71. The van der Waals surface area contributed by atoms with Crippen molar-refractivity contribution in [1.29, 1.82) is 0 Å². The highest BCUT2D eigenvalue weighted by molar-refractivity contribution is 5.93. The Bertz CT molecular complexity index is 663. The van der Waals surface area contributed by atoms with Crippen molar-refractivity contribution in [3.8, 4) is 11.5 Å². The molecule has 0 aromatic heterocycles. The highest BCUT2D eigenvalue weighted by Crippen LogP contribution is 2.21. The monoisotopic (exact) mass is 286 g/mol. The molecule has 0 saturated heterocycles. The van der Waals surface area contributed by atoms with Crippen molar-refractivity contribution in [2.75, 3.05) is 7.11 Å². The number of methoxy groups -OCH3 is 1. The van der Waals surface area contributed by atoms with Gasteiger partial charge in [0, 0.05) is 0 Å². The Kier molecular flexibility index (Phi) is 4.56. The molecule has 5 heteroatoms. The van der Waals surface area contributed by atoms with Gasteiger partial charge in [0.05, 0.1) is 7.11 Å². The number of esters is 1. The molecule has 0 atom stereocenters. The van der Waals surface area contributed by atoms with E-state index in [2.05, 4.69) is 4.74 Å². The number of rotatable bonds is 3. The number of carbonyl (C=O) groups is 2. The molecule has 0 spiro atoms. The first-order valence-corrected chi connectivity index (χ1v) is 6.24. The number of ether oxygens (including phenoxy) is 3. The van der Waals surface area contributed by atoms with Crippen LogP contribution in [0.3, 0.4) is 0 Å². The van der Waals surface area contributed by atoms with Crippen molar-refractivity contribution in [3.63, 3.8) is 0 Å². The minimum atomic E-state index is -0.916. The van der Waals surface area contributed by atoms with Crippen molar-refractivity contribution in [2.45, 2.75) is 6.92 Å². The second-order valence-corrected chi connectivity index (χ2v) is 4.21. The molecule has 0 fully saturated rings. The maximum Gasteiger partial charge on any atom is 0.519 e. The molecule has 2 aromatic carbocycles. The van der Waals surface area contributed by atoms with Gasteiger partial charge < -0.3 is 14.2 Å². The Morgan fingerprint density at radius 3 is 2.10 bits per heavy atom. The second-order valence-electron chi connectivity index (χ2n) is 4.21. The summed E-state index contributed by atoms with van der Waals surface area (Å²) < 4.78 is 14.8. The third-order valence-corrected chi connectivity index (χ3v) is 2.77. The molecule has 0 bridgehead atoms.